The molecule has 0 radical (unpaired) electrons. The van der Waals surface area contributed by atoms with Gasteiger partial charge in [-0.05, 0) is 36.6 Å². The number of carbonyl (C=O) groups is 1. The predicted molar refractivity (Wildman–Crippen MR) is 72.6 cm³/mol. The summed E-state index contributed by atoms with van der Waals surface area (Å²) >= 11 is 1.40. The van der Waals surface area contributed by atoms with Crippen LogP contribution in [0.2, 0.25) is 0 Å². The largest absolute Gasteiger partial charge is 0.342 e. The van der Waals surface area contributed by atoms with Crippen LogP contribution < -0.4 is 5.73 Å². The Hall–Kier alpha value is -1.15. The first-order valence-electron chi connectivity index (χ1n) is 6.64. The van der Waals surface area contributed by atoms with Crippen molar-refractivity contribution >= 4 is 17.7 Å². The van der Waals surface area contributed by atoms with Crippen LogP contribution in [0.3, 0.4) is 0 Å². The molecule has 1 aliphatic heterocycles. The average molecular weight is 284 g/mol. The van der Waals surface area contributed by atoms with Crippen molar-refractivity contribution in [2.75, 3.05) is 19.6 Å². The number of nitrogens with two attached hydrogens (primary N) is 1. The second-order valence-corrected chi connectivity index (χ2v) is 5.93. The molecule has 2 rings (SSSR count). The van der Waals surface area contributed by atoms with Gasteiger partial charge in [-0.25, -0.2) is 4.68 Å². The van der Waals surface area contributed by atoms with Gasteiger partial charge in [0.2, 0.25) is 11.1 Å². The van der Waals surface area contributed by atoms with E-state index >= 15 is 0 Å². The van der Waals surface area contributed by atoms with E-state index in [1.165, 1.54) is 18.2 Å². The SMILES string of the molecule is CC(Sc1nnnn1CCN)C(=O)N1CCCCC1. The van der Waals surface area contributed by atoms with E-state index < -0.39 is 0 Å². The fraction of sp³-hybridized carbons (Fsp3) is 0.818. The van der Waals surface area contributed by atoms with Crippen LogP contribution in [-0.2, 0) is 11.3 Å². The zero-order valence-corrected chi connectivity index (χ0v) is 12.0. The third-order valence-electron chi connectivity index (χ3n) is 3.14. The van der Waals surface area contributed by atoms with Crippen LogP contribution in [0.25, 0.3) is 0 Å². The van der Waals surface area contributed by atoms with Crippen molar-refractivity contribution in [2.45, 2.75) is 43.1 Å². The van der Waals surface area contributed by atoms with Gasteiger partial charge in [0.05, 0.1) is 11.8 Å². The normalized spacial score (nSPS) is 17.5. The highest BCUT2D eigenvalue weighted by molar-refractivity contribution is 8.00. The van der Waals surface area contributed by atoms with E-state index in [2.05, 4.69) is 15.5 Å². The van der Waals surface area contributed by atoms with Crippen molar-refractivity contribution < 1.29 is 4.79 Å². The van der Waals surface area contributed by atoms with E-state index in [9.17, 15) is 4.79 Å². The Morgan fingerprint density at radius 1 is 1.42 bits per heavy atom. The molecule has 1 aromatic heterocycles. The molecule has 1 atom stereocenters. The van der Waals surface area contributed by atoms with E-state index in [0.717, 1.165) is 25.9 Å². The van der Waals surface area contributed by atoms with Crippen molar-refractivity contribution in [1.82, 2.24) is 25.1 Å². The molecular formula is C11H20N6OS. The number of rotatable bonds is 5. The third kappa shape index (κ3) is 3.66. The number of likely N-dealkylation sites (tertiary alicyclic amines) is 1. The van der Waals surface area contributed by atoms with E-state index in [-0.39, 0.29) is 11.2 Å². The molecule has 0 bridgehead atoms. The second kappa shape index (κ2) is 6.85. The Labute approximate surface area is 116 Å². The molecule has 0 aliphatic carbocycles. The van der Waals surface area contributed by atoms with Crippen molar-refractivity contribution in [3.8, 4) is 0 Å². The van der Waals surface area contributed by atoms with Crippen LogP contribution in [0.5, 0.6) is 0 Å². The maximum Gasteiger partial charge on any atom is 0.235 e. The van der Waals surface area contributed by atoms with Gasteiger partial charge in [0, 0.05) is 19.6 Å². The third-order valence-corrected chi connectivity index (χ3v) is 4.20. The molecule has 2 heterocycles. The lowest BCUT2D eigenvalue weighted by Crippen LogP contribution is -2.40. The molecule has 0 spiro atoms. The van der Waals surface area contributed by atoms with Gasteiger partial charge in [-0.2, -0.15) is 0 Å². The van der Waals surface area contributed by atoms with Crippen LogP contribution in [0.15, 0.2) is 5.16 Å². The van der Waals surface area contributed by atoms with Crippen LogP contribution >= 0.6 is 11.8 Å². The molecule has 1 unspecified atom stereocenters. The number of tetrazole rings is 1. The van der Waals surface area contributed by atoms with Crippen LogP contribution in [0, 0.1) is 0 Å². The highest BCUT2D eigenvalue weighted by atomic mass is 32.2. The molecule has 1 amide bonds. The van der Waals surface area contributed by atoms with Gasteiger partial charge in [-0.1, -0.05) is 11.8 Å². The van der Waals surface area contributed by atoms with Gasteiger partial charge >= 0.3 is 0 Å². The van der Waals surface area contributed by atoms with Gasteiger partial charge in [0.15, 0.2) is 0 Å². The number of nitrogens with zero attached hydrogens (tertiary/aromatic N) is 5. The van der Waals surface area contributed by atoms with E-state index in [0.29, 0.717) is 18.2 Å². The number of hydrogen-bond acceptors (Lipinski definition) is 6. The number of carbonyl (C=O) groups excluding carboxylic acids is 1. The van der Waals surface area contributed by atoms with Gasteiger partial charge in [0.25, 0.3) is 0 Å². The average Bonchev–Trinajstić information content (AvgIpc) is 2.86. The zero-order chi connectivity index (χ0) is 13.7. The number of piperidine rings is 1. The summed E-state index contributed by atoms with van der Waals surface area (Å²) in [6.07, 6.45) is 3.43. The smallest absolute Gasteiger partial charge is 0.235 e. The maximum absolute atomic E-state index is 12.3. The predicted octanol–water partition coefficient (Wildman–Crippen LogP) is 0.125. The maximum atomic E-state index is 12.3. The lowest BCUT2D eigenvalue weighted by molar-refractivity contribution is -0.131. The van der Waals surface area contributed by atoms with Crippen molar-refractivity contribution in [2.24, 2.45) is 5.73 Å². The number of thioether (sulfide) groups is 1. The Balaban J connectivity index is 1.93. The number of hydrogen-bond donors (Lipinski definition) is 1. The quantitative estimate of drug-likeness (QED) is 0.773. The van der Waals surface area contributed by atoms with Crippen molar-refractivity contribution in [1.29, 1.82) is 0 Å². The van der Waals surface area contributed by atoms with Gasteiger partial charge in [-0.3, -0.25) is 4.79 Å². The lowest BCUT2D eigenvalue weighted by Gasteiger charge is -2.28. The minimum absolute atomic E-state index is 0.166. The summed E-state index contributed by atoms with van der Waals surface area (Å²) in [7, 11) is 0. The van der Waals surface area contributed by atoms with E-state index in [4.69, 9.17) is 5.73 Å². The van der Waals surface area contributed by atoms with Crippen LogP contribution in [0.1, 0.15) is 26.2 Å². The highest BCUT2D eigenvalue weighted by Crippen LogP contribution is 2.23. The minimum atomic E-state index is -0.166. The monoisotopic (exact) mass is 284 g/mol. The van der Waals surface area contributed by atoms with E-state index in [1.807, 2.05) is 11.8 Å². The van der Waals surface area contributed by atoms with Crippen LogP contribution in [0.4, 0.5) is 0 Å². The highest BCUT2D eigenvalue weighted by Gasteiger charge is 2.24. The standard InChI is InChI=1S/C11H20N6OS/c1-9(10(18)16-6-3-2-4-7-16)19-11-13-14-15-17(11)8-5-12/h9H,2-8,12H2,1H3. The topological polar surface area (TPSA) is 89.9 Å². The first-order valence-corrected chi connectivity index (χ1v) is 7.52. The molecule has 1 fully saturated rings. The molecular weight excluding hydrogens is 264 g/mol. The molecule has 1 saturated heterocycles. The van der Waals surface area contributed by atoms with Gasteiger partial charge in [0.1, 0.15) is 0 Å². The first-order chi connectivity index (χ1) is 9.22. The lowest BCUT2D eigenvalue weighted by atomic mass is 10.1. The Kier molecular flexibility index (Phi) is 5.15. The number of amides is 1. The molecule has 106 valence electrons. The summed E-state index contributed by atoms with van der Waals surface area (Å²) < 4.78 is 1.64. The Morgan fingerprint density at radius 3 is 2.84 bits per heavy atom. The summed E-state index contributed by atoms with van der Waals surface area (Å²) in [5.41, 5.74) is 5.50. The molecule has 19 heavy (non-hydrogen) atoms. The Bertz CT molecular complexity index is 417. The fourth-order valence-electron chi connectivity index (χ4n) is 2.12. The summed E-state index contributed by atoms with van der Waals surface area (Å²) in [5.74, 6) is 0.173. The zero-order valence-electron chi connectivity index (χ0n) is 11.2. The van der Waals surface area contributed by atoms with Gasteiger partial charge < -0.3 is 10.6 Å². The first kappa shape index (κ1) is 14.3. The summed E-state index contributed by atoms with van der Waals surface area (Å²) in [5, 5.41) is 11.9. The van der Waals surface area contributed by atoms with Crippen molar-refractivity contribution in [3.05, 3.63) is 0 Å². The van der Waals surface area contributed by atoms with Crippen molar-refractivity contribution in [3.63, 3.8) is 0 Å². The summed E-state index contributed by atoms with van der Waals surface area (Å²) in [4.78, 5) is 14.2. The number of aromatic nitrogens is 4. The second-order valence-electron chi connectivity index (χ2n) is 4.62. The Morgan fingerprint density at radius 2 is 2.16 bits per heavy atom. The molecule has 8 heteroatoms. The summed E-state index contributed by atoms with van der Waals surface area (Å²) in [6, 6.07) is 0. The van der Waals surface area contributed by atoms with Gasteiger partial charge in [-0.15, -0.1) is 5.10 Å². The molecule has 2 N–H and O–H groups in total. The molecule has 0 aromatic carbocycles. The van der Waals surface area contributed by atoms with E-state index in [1.54, 1.807) is 4.68 Å². The molecule has 1 aromatic rings. The summed E-state index contributed by atoms with van der Waals surface area (Å²) in [6.45, 7) is 4.70. The van der Waals surface area contributed by atoms with Crippen LogP contribution in [-0.4, -0.2) is 55.9 Å². The minimum Gasteiger partial charge on any atom is -0.342 e. The molecule has 1 aliphatic rings. The molecule has 7 nitrogen and oxygen atoms in total. The molecule has 0 saturated carbocycles. The fourth-order valence-corrected chi connectivity index (χ4v) is 3.02.